The number of nitrogens with one attached hydrogen (secondary N) is 1. The second kappa shape index (κ2) is 5.98. The van der Waals surface area contributed by atoms with Crippen molar-refractivity contribution in [1.29, 1.82) is 5.26 Å². The zero-order chi connectivity index (χ0) is 13.0. The zero-order valence-corrected chi connectivity index (χ0v) is 12.5. The fourth-order valence-electron chi connectivity index (χ4n) is 1.42. The van der Waals surface area contributed by atoms with E-state index in [4.69, 9.17) is 5.26 Å². The Morgan fingerprint density at radius 1 is 1.22 bits per heavy atom. The molecule has 0 radical (unpaired) electrons. The van der Waals surface area contributed by atoms with Crippen molar-refractivity contribution < 1.29 is 0 Å². The standard InChI is InChI=1S/C13H9Br2N3/c14-10-5-12(15)13(18-7-10)8-17-11-3-1-9(6-16)2-4-11/h1-5,7,17H,8H2. The molecule has 0 unspecified atom stereocenters. The van der Waals surface area contributed by atoms with E-state index in [0.29, 0.717) is 12.1 Å². The number of pyridine rings is 1. The third-order valence-electron chi connectivity index (χ3n) is 2.36. The molecule has 2 aromatic rings. The van der Waals surface area contributed by atoms with Gasteiger partial charge in [-0.15, -0.1) is 0 Å². The van der Waals surface area contributed by atoms with E-state index in [1.54, 1.807) is 18.3 Å². The van der Waals surface area contributed by atoms with Gasteiger partial charge in [0, 0.05) is 20.8 Å². The number of aromatic nitrogens is 1. The Morgan fingerprint density at radius 3 is 2.56 bits per heavy atom. The molecule has 0 aliphatic heterocycles. The minimum atomic E-state index is 0.625. The minimum Gasteiger partial charge on any atom is -0.379 e. The molecule has 5 heteroatoms. The molecule has 0 bridgehead atoms. The van der Waals surface area contributed by atoms with Crippen LogP contribution in [0.5, 0.6) is 0 Å². The third kappa shape index (κ3) is 3.31. The van der Waals surface area contributed by atoms with Crippen LogP contribution in [0.2, 0.25) is 0 Å². The van der Waals surface area contributed by atoms with Crippen LogP contribution in [-0.4, -0.2) is 4.98 Å². The summed E-state index contributed by atoms with van der Waals surface area (Å²) in [5, 5.41) is 12.0. The second-order valence-corrected chi connectivity index (χ2v) is 5.39. The highest BCUT2D eigenvalue weighted by Gasteiger charge is 2.02. The summed E-state index contributed by atoms with van der Waals surface area (Å²) in [4.78, 5) is 4.32. The van der Waals surface area contributed by atoms with Crippen LogP contribution in [0.25, 0.3) is 0 Å². The fourth-order valence-corrected chi connectivity index (χ4v) is 2.55. The summed E-state index contributed by atoms with van der Waals surface area (Å²) >= 11 is 6.83. The fraction of sp³-hybridized carbons (Fsp3) is 0.0769. The summed E-state index contributed by atoms with van der Waals surface area (Å²) < 4.78 is 1.90. The molecule has 0 aliphatic rings. The quantitative estimate of drug-likeness (QED) is 0.889. The molecule has 1 aromatic carbocycles. The van der Waals surface area contributed by atoms with Gasteiger partial charge in [0.25, 0.3) is 0 Å². The van der Waals surface area contributed by atoms with E-state index in [9.17, 15) is 0 Å². The first-order chi connectivity index (χ1) is 8.69. The molecule has 2 rings (SSSR count). The highest BCUT2D eigenvalue weighted by atomic mass is 79.9. The van der Waals surface area contributed by atoms with Crippen molar-refractivity contribution in [2.75, 3.05) is 5.32 Å². The van der Waals surface area contributed by atoms with Crippen LogP contribution >= 0.6 is 31.9 Å². The van der Waals surface area contributed by atoms with Crippen molar-refractivity contribution in [3.63, 3.8) is 0 Å². The Hall–Kier alpha value is -1.38. The molecule has 0 saturated carbocycles. The van der Waals surface area contributed by atoms with Crippen LogP contribution in [0.1, 0.15) is 11.3 Å². The molecule has 18 heavy (non-hydrogen) atoms. The molecule has 0 atom stereocenters. The maximum absolute atomic E-state index is 8.71. The summed E-state index contributed by atoms with van der Waals surface area (Å²) in [6.45, 7) is 0.625. The minimum absolute atomic E-state index is 0.625. The number of benzene rings is 1. The van der Waals surface area contributed by atoms with Gasteiger partial charge in [-0.05, 0) is 62.2 Å². The summed E-state index contributed by atoms with van der Waals surface area (Å²) in [6, 6.07) is 11.4. The number of halogens is 2. The van der Waals surface area contributed by atoms with E-state index in [1.165, 1.54) is 0 Å². The maximum Gasteiger partial charge on any atom is 0.0991 e. The van der Waals surface area contributed by atoms with E-state index < -0.39 is 0 Å². The second-order valence-electron chi connectivity index (χ2n) is 3.62. The molecular weight excluding hydrogens is 358 g/mol. The SMILES string of the molecule is N#Cc1ccc(NCc2ncc(Br)cc2Br)cc1. The first kappa shape index (κ1) is 13.1. The van der Waals surface area contributed by atoms with Crippen molar-refractivity contribution in [1.82, 2.24) is 4.98 Å². The molecule has 0 spiro atoms. The van der Waals surface area contributed by atoms with Gasteiger partial charge in [-0.25, -0.2) is 0 Å². The van der Waals surface area contributed by atoms with Crippen LogP contribution in [-0.2, 0) is 6.54 Å². The Labute approximate surface area is 122 Å². The van der Waals surface area contributed by atoms with Gasteiger partial charge in [-0.3, -0.25) is 4.98 Å². The molecule has 0 aliphatic carbocycles. The highest BCUT2D eigenvalue weighted by Crippen LogP contribution is 2.20. The number of hydrogen-bond acceptors (Lipinski definition) is 3. The van der Waals surface area contributed by atoms with Gasteiger partial charge in [0.15, 0.2) is 0 Å². The van der Waals surface area contributed by atoms with Crippen molar-refractivity contribution >= 4 is 37.5 Å². The monoisotopic (exact) mass is 365 g/mol. The van der Waals surface area contributed by atoms with Gasteiger partial charge in [-0.1, -0.05) is 0 Å². The Bertz CT molecular complexity index is 588. The lowest BCUT2D eigenvalue weighted by Crippen LogP contribution is -2.02. The number of nitriles is 1. The molecule has 1 N–H and O–H groups in total. The van der Waals surface area contributed by atoms with E-state index in [1.807, 2.05) is 18.2 Å². The smallest absolute Gasteiger partial charge is 0.0991 e. The molecule has 1 heterocycles. The number of nitrogens with zero attached hydrogens (tertiary/aromatic N) is 2. The predicted octanol–water partition coefficient (Wildman–Crippen LogP) is 4.09. The van der Waals surface area contributed by atoms with Crippen LogP contribution in [0.3, 0.4) is 0 Å². The van der Waals surface area contributed by atoms with Crippen LogP contribution in [0.15, 0.2) is 45.5 Å². The zero-order valence-electron chi connectivity index (χ0n) is 9.32. The Kier molecular flexibility index (Phi) is 4.34. The Balaban J connectivity index is 2.04. The van der Waals surface area contributed by atoms with Crippen LogP contribution < -0.4 is 5.32 Å². The largest absolute Gasteiger partial charge is 0.379 e. The predicted molar refractivity (Wildman–Crippen MR) is 78.1 cm³/mol. The molecule has 3 nitrogen and oxygen atoms in total. The molecule has 90 valence electrons. The number of hydrogen-bond donors (Lipinski definition) is 1. The van der Waals surface area contributed by atoms with Crippen LogP contribution in [0.4, 0.5) is 5.69 Å². The molecule has 0 saturated heterocycles. The molecule has 0 amide bonds. The molecular formula is C13H9Br2N3. The highest BCUT2D eigenvalue weighted by molar-refractivity contribution is 9.11. The normalized spacial score (nSPS) is 9.83. The summed E-state index contributed by atoms with van der Waals surface area (Å²) in [5.41, 5.74) is 2.55. The van der Waals surface area contributed by atoms with Gasteiger partial charge in [0.2, 0.25) is 0 Å². The van der Waals surface area contributed by atoms with Gasteiger partial charge in [-0.2, -0.15) is 5.26 Å². The van der Waals surface area contributed by atoms with E-state index in [-0.39, 0.29) is 0 Å². The first-order valence-corrected chi connectivity index (χ1v) is 6.81. The number of rotatable bonds is 3. The average molecular weight is 367 g/mol. The van der Waals surface area contributed by atoms with Gasteiger partial charge < -0.3 is 5.32 Å². The first-order valence-electron chi connectivity index (χ1n) is 5.23. The summed E-state index contributed by atoms with van der Waals surface area (Å²) in [6.07, 6.45) is 1.76. The van der Waals surface area contributed by atoms with Crippen molar-refractivity contribution in [3.8, 4) is 6.07 Å². The van der Waals surface area contributed by atoms with Crippen molar-refractivity contribution in [2.24, 2.45) is 0 Å². The van der Waals surface area contributed by atoms with Gasteiger partial charge in [0.05, 0.1) is 23.9 Å². The maximum atomic E-state index is 8.71. The van der Waals surface area contributed by atoms with Crippen LogP contribution in [0, 0.1) is 11.3 Å². The summed E-state index contributed by atoms with van der Waals surface area (Å²) in [5.74, 6) is 0. The lowest BCUT2D eigenvalue weighted by molar-refractivity contribution is 1.03. The lowest BCUT2D eigenvalue weighted by atomic mass is 10.2. The van der Waals surface area contributed by atoms with Crippen molar-refractivity contribution in [2.45, 2.75) is 6.54 Å². The molecule has 0 fully saturated rings. The van der Waals surface area contributed by atoms with Crippen molar-refractivity contribution in [3.05, 3.63) is 56.7 Å². The molecule has 1 aromatic heterocycles. The average Bonchev–Trinajstić information content (AvgIpc) is 2.38. The van der Waals surface area contributed by atoms with E-state index in [0.717, 1.165) is 20.3 Å². The number of anilines is 1. The summed E-state index contributed by atoms with van der Waals surface area (Å²) in [7, 11) is 0. The lowest BCUT2D eigenvalue weighted by Gasteiger charge is -2.07. The van der Waals surface area contributed by atoms with Gasteiger partial charge >= 0.3 is 0 Å². The Morgan fingerprint density at radius 2 is 1.94 bits per heavy atom. The van der Waals surface area contributed by atoms with E-state index >= 15 is 0 Å². The topological polar surface area (TPSA) is 48.7 Å². The van der Waals surface area contributed by atoms with E-state index in [2.05, 4.69) is 48.2 Å². The third-order valence-corrected chi connectivity index (χ3v) is 3.48. The van der Waals surface area contributed by atoms with Gasteiger partial charge in [0.1, 0.15) is 0 Å².